The summed E-state index contributed by atoms with van der Waals surface area (Å²) < 4.78 is 1.71. The number of carbonyl (C=O) groups excluding carboxylic acids is 1. The van der Waals surface area contributed by atoms with Crippen molar-refractivity contribution in [1.82, 2.24) is 8.01 Å². The minimum Gasteiger partial charge on any atom is -0.320 e. The van der Waals surface area contributed by atoms with Gasteiger partial charge in [-0.25, -0.2) is 4.79 Å². The molecule has 0 spiro atoms. The van der Waals surface area contributed by atoms with Gasteiger partial charge in [0.2, 0.25) is 0 Å². The largest absolute Gasteiger partial charge is 0.329 e. The molecule has 58 valence electrons. The van der Waals surface area contributed by atoms with Gasteiger partial charge in [-0.3, -0.25) is 3.11 Å². The Morgan fingerprint density at radius 3 is 2.20 bits per heavy atom. The van der Waals surface area contributed by atoms with Gasteiger partial charge in [-0.05, 0) is 13.8 Å². The van der Waals surface area contributed by atoms with E-state index in [4.69, 9.17) is 0 Å². The molecule has 0 aliphatic carbocycles. The molecular formula is C6H11IN2O. The lowest BCUT2D eigenvalue weighted by molar-refractivity contribution is 0.194. The van der Waals surface area contributed by atoms with Crippen molar-refractivity contribution in [2.24, 2.45) is 0 Å². The van der Waals surface area contributed by atoms with Crippen molar-refractivity contribution in [3.8, 4) is 0 Å². The minimum absolute atomic E-state index is 0.00171. The van der Waals surface area contributed by atoms with Crippen molar-refractivity contribution in [3.63, 3.8) is 0 Å². The van der Waals surface area contributed by atoms with E-state index in [0.29, 0.717) is 0 Å². The molecule has 2 amide bonds. The van der Waals surface area contributed by atoms with Crippen molar-refractivity contribution in [1.29, 1.82) is 0 Å². The third kappa shape index (κ3) is 1.09. The second-order valence-electron chi connectivity index (χ2n) is 3.17. The number of hydrogen-bond donors (Lipinski definition) is 0. The standard InChI is InChI=1S/C6H11IN2O/c1-6(2)4-9(7)5(10)8(6)3/h4H2,1-3H3. The Kier molecular flexibility index (Phi) is 1.82. The Hall–Kier alpha value is 0. The van der Waals surface area contributed by atoms with Gasteiger partial charge in [0.05, 0.1) is 34.9 Å². The predicted molar refractivity (Wildman–Crippen MR) is 48.0 cm³/mol. The molecule has 3 nitrogen and oxygen atoms in total. The summed E-state index contributed by atoms with van der Waals surface area (Å²) in [6, 6.07) is 0.102. The molecule has 0 aromatic carbocycles. The molecule has 0 aromatic heterocycles. The van der Waals surface area contributed by atoms with Crippen LogP contribution in [0.25, 0.3) is 0 Å². The second kappa shape index (κ2) is 2.25. The van der Waals surface area contributed by atoms with Gasteiger partial charge in [-0.15, -0.1) is 0 Å². The highest BCUT2D eigenvalue weighted by Crippen LogP contribution is 2.26. The molecule has 1 aliphatic rings. The molecule has 1 fully saturated rings. The lowest BCUT2D eigenvalue weighted by Crippen LogP contribution is -2.38. The van der Waals surface area contributed by atoms with Crippen molar-refractivity contribution in [2.75, 3.05) is 13.6 Å². The van der Waals surface area contributed by atoms with E-state index in [0.717, 1.165) is 6.54 Å². The zero-order valence-electron chi connectivity index (χ0n) is 6.39. The fraction of sp³-hybridized carbons (Fsp3) is 0.833. The molecule has 1 heterocycles. The van der Waals surface area contributed by atoms with Crippen molar-refractivity contribution < 1.29 is 4.79 Å². The number of urea groups is 1. The first-order chi connectivity index (χ1) is 4.45. The van der Waals surface area contributed by atoms with Gasteiger partial charge in [-0.2, -0.15) is 0 Å². The number of amides is 2. The lowest BCUT2D eigenvalue weighted by Gasteiger charge is -2.24. The maximum Gasteiger partial charge on any atom is 0.329 e. The van der Waals surface area contributed by atoms with Crippen LogP contribution in [0.15, 0.2) is 0 Å². The normalized spacial score (nSPS) is 24.2. The summed E-state index contributed by atoms with van der Waals surface area (Å²) in [4.78, 5) is 12.9. The van der Waals surface area contributed by atoms with Crippen LogP contribution >= 0.6 is 22.9 Å². The number of rotatable bonds is 0. The zero-order valence-corrected chi connectivity index (χ0v) is 8.55. The molecule has 0 saturated carbocycles. The van der Waals surface area contributed by atoms with E-state index in [-0.39, 0.29) is 11.6 Å². The van der Waals surface area contributed by atoms with Gasteiger partial charge in [0.25, 0.3) is 0 Å². The van der Waals surface area contributed by atoms with Crippen LogP contribution in [-0.4, -0.2) is 33.2 Å². The Labute approximate surface area is 74.9 Å². The molecule has 1 rings (SSSR count). The first-order valence-corrected chi connectivity index (χ1v) is 4.13. The molecule has 10 heavy (non-hydrogen) atoms. The molecule has 0 N–H and O–H groups in total. The van der Waals surface area contributed by atoms with Crippen molar-refractivity contribution in [2.45, 2.75) is 19.4 Å². The zero-order chi connectivity index (χ0) is 7.94. The van der Waals surface area contributed by atoms with Crippen LogP contribution in [0.1, 0.15) is 13.8 Å². The second-order valence-corrected chi connectivity index (χ2v) is 4.34. The quantitative estimate of drug-likeness (QED) is 0.474. The van der Waals surface area contributed by atoms with Crippen molar-refractivity contribution in [3.05, 3.63) is 0 Å². The lowest BCUT2D eigenvalue weighted by atomic mass is 10.1. The first-order valence-electron chi connectivity index (χ1n) is 3.16. The van der Waals surface area contributed by atoms with Crippen LogP contribution < -0.4 is 0 Å². The maximum atomic E-state index is 11.2. The molecule has 0 aromatic rings. The highest BCUT2D eigenvalue weighted by atomic mass is 127. The molecule has 0 atom stereocenters. The maximum absolute atomic E-state index is 11.2. The molecule has 0 radical (unpaired) electrons. The minimum atomic E-state index is -0.00171. The van der Waals surface area contributed by atoms with E-state index in [1.54, 1.807) is 8.01 Å². The summed E-state index contributed by atoms with van der Waals surface area (Å²) in [6.07, 6.45) is 0. The summed E-state index contributed by atoms with van der Waals surface area (Å²) in [5.74, 6) is 0. The van der Waals surface area contributed by atoms with Crippen molar-refractivity contribution >= 4 is 28.9 Å². The summed E-state index contributed by atoms with van der Waals surface area (Å²) in [5.41, 5.74) is -0.00171. The summed E-state index contributed by atoms with van der Waals surface area (Å²) in [5, 5.41) is 0. The monoisotopic (exact) mass is 254 g/mol. The predicted octanol–water partition coefficient (Wildman–Crippen LogP) is 1.48. The Morgan fingerprint density at radius 1 is 1.60 bits per heavy atom. The Balaban J connectivity index is 2.81. The van der Waals surface area contributed by atoms with Crippen LogP contribution in [-0.2, 0) is 0 Å². The average molecular weight is 254 g/mol. The van der Waals surface area contributed by atoms with Crippen LogP contribution in [0.5, 0.6) is 0 Å². The number of carbonyl (C=O) groups is 1. The van der Waals surface area contributed by atoms with Gasteiger partial charge >= 0.3 is 6.03 Å². The summed E-state index contributed by atoms with van der Waals surface area (Å²) >= 11 is 2.04. The molecular weight excluding hydrogens is 243 g/mol. The molecule has 0 bridgehead atoms. The number of nitrogens with zero attached hydrogens (tertiary/aromatic N) is 2. The average Bonchev–Trinajstić information content (AvgIpc) is 1.95. The Bertz CT molecular complexity index is 169. The molecule has 0 unspecified atom stereocenters. The summed E-state index contributed by atoms with van der Waals surface area (Å²) in [7, 11) is 1.83. The van der Waals surface area contributed by atoms with Crippen LogP contribution in [0.2, 0.25) is 0 Å². The third-order valence-corrected chi connectivity index (χ3v) is 2.68. The number of likely N-dealkylation sites (N-methyl/N-ethyl adjacent to an activating group) is 1. The molecule has 1 saturated heterocycles. The first kappa shape index (κ1) is 8.10. The van der Waals surface area contributed by atoms with E-state index in [2.05, 4.69) is 13.8 Å². The van der Waals surface area contributed by atoms with E-state index in [1.807, 2.05) is 29.9 Å². The highest BCUT2D eigenvalue weighted by molar-refractivity contribution is 14.1. The fourth-order valence-electron chi connectivity index (χ4n) is 0.935. The Morgan fingerprint density at radius 2 is 2.10 bits per heavy atom. The van der Waals surface area contributed by atoms with Crippen LogP contribution in [0.3, 0.4) is 0 Å². The highest BCUT2D eigenvalue weighted by Gasteiger charge is 2.39. The summed E-state index contributed by atoms with van der Waals surface area (Å²) in [6.45, 7) is 4.93. The van der Waals surface area contributed by atoms with Gasteiger partial charge in [0.1, 0.15) is 0 Å². The van der Waals surface area contributed by atoms with Gasteiger partial charge < -0.3 is 4.90 Å². The van der Waals surface area contributed by atoms with Crippen LogP contribution in [0, 0.1) is 0 Å². The van der Waals surface area contributed by atoms with E-state index < -0.39 is 0 Å². The smallest absolute Gasteiger partial charge is 0.320 e. The molecule has 4 heteroatoms. The van der Waals surface area contributed by atoms with Crippen LogP contribution in [0.4, 0.5) is 4.79 Å². The fourth-order valence-corrected chi connectivity index (χ4v) is 2.09. The SMILES string of the molecule is CN1C(=O)N(I)CC1(C)C. The van der Waals surface area contributed by atoms with Gasteiger partial charge in [0.15, 0.2) is 0 Å². The topological polar surface area (TPSA) is 23.6 Å². The van der Waals surface area contributed by atoms with E-state index >= 15 is 0 Å². The van der Waals surface area contributed by atoms with Gasteiger partial charge in [0, 0.05) is 7.05 Å². The van der Waals surface area contributed by atoms with E-state index in [9.17, 15) is 4.79 Å². The molecule has 1 aliphatic heterocycles. The van der Waals surface area contributed by atoms with E-state index in [1.165, 1.54) is 0 Å². The number of hydrogen-bond acceptors (Lipinski definition) is 1. The third-order valence-electron chi connectivity index (χ3n) is 1.93. The number of halogens is 1. The van der Waals surface area contributed by atoms with Gasteiger partial charge in [-0.1, -0.05) is 0 Å².